The average Bonchev–Trinajstić information content (AvgIpc) is 3.11. The lowest BCUT2D eigenvalue weighted by Crippen LogP contribution is -2.42. The fraction of sp³-hybridized carbons (Fsp3) is 0.235. The zero-order valence-electron chi connectivity index (χ0n) is 12.0. The number of methoxy groups -OCH3 is 1. The number of hydrogen-bond donors (Lipinski definition) is 0. The summed E-state index contributed by atoms with van der Waals surface area (Å²) in [5.74, 6) is 1.00. The van der Waals surface area contributed by atoms with Crippen LogP contribution in [0.5, 0.6) is 11.5 Å². The number of ketones is 1. The number of fused-ring (bicyclic) bond motifs is 1. The molecule has 2 heterocycles. The van der Waals surface area contributed by atoms with Crippen molar-refractivity contribution in [3.05, 3.63) is 59.7 Å². The molecule has 4 rings (SSSR count). The van der Waals surface area contributed by atoms with Gasteiger partial charge >= 0.3 is 0 Å². The Balaban J connectivity index is 1.75. The number of azo groups is 1. The van der Waals surface area contributed by atoms with Crippen LogP contribution in [0.2, 0.25) is 0 Å². The van der Waals surface area contributed by atoms with E-state index in [1.807, 2.05) is 36.4 Å². The second kappa shape index (κ2) is 4.66. The van der Waals surface area contributed by atoms with Crippen LogP contribution in [0.25, 0.3) is 0 Å². The van der Waals surface area contributed by atoms with Crippen LogP contribution in [-0.2, 0) is 0 Å². The quantitative estimate of drug-likeness (QED) is 0.854. The van der Waals surface area contributed by atoms with Gasteiger partial charge in [-0.15, -0.1) is 5.11 Å². The Morgan fingerprint density at radius 2 is 1.95 bits per heavy atom. The third kappa shape index (κ3) is 1.68. The Morgan fingerprint density at radius 3 is 2.68 bits per heavy atom. The number of carbonyl (C=O) groups excluding carboxylic acids is 1. The molecule has 110 valence electrons. The molecule has 2 aromatic rings. The molecule has 0 bridgehead atoms. The third-order valence-corrected chi connectivity index (χ3v) is 4.20. The topological polar surface area (TPSA) is 60.3 Å². The van der Waals surface area contributed by atoms with E-state index in [1.165, 1.54) is 0 Å². The van der Waals surface area contributed by atoms with Crippen LogP contribution in [0.1, 0.15) is 21.8 Å². The first-order valence-electron chi connectivity index (χ1n) is 7.10. The summed E-state index contributed by atoms with van der Waals surface area (Å²) in [5.41, 5.74) is 0.284. The highest BCUT2D eigenvalue weighted by atomic mass is 16.5. The molecule has 0 aliphatic carbocycles. The molecule has 5 nitrogen and oxygen atoms in total. The molecule has 0 saturated carbocycles. The second-order valence-corrected chi connectivity index (χ2v) is 5.37. The van der Waals surface area contributed by atoms with Crippen LogP contribution in [0.15, 0.2) is 58.8 Å². The molecule has 0 fully saturated rings. The lowest BCUT2D eigenvalue weighted by molar-refractivity contribution is 0.0535. The lowest BCUT2D eigenvalue weighted by atomic mass is 9.86. The molecule has 0 saturated heterocycles. The molecular formula is C17H14N2O3. The fourth-order valence-electron chi connectivity index (χ4n) is 3.03. The Labute approximate surface area is 127 Å². The van der Waals surface area contributed by atoms with E-state index < -0.39 is 5.72 Å². The van der Waals surface area contributed by atoms with E-state index in [9.17, 15) is 4.79 Å². The first-order valence-corrected chi connectivity index (χ1v) is 7.10. The van der Waals surface area contributed by atoms with Crippen molar-refractivity contribution in [1.82, 2.24) is 0 Å². The molecule has 1 spiro atoms. The normalized spacial score (nSPS) is 25.3. The standard InChI is InChI=1S/C17H14N2O3/c1-21-12-8-6-11(7-9-12)14-10-18-19-17(14)16(20)13-4-2-3-5-15(13)22-17/h2-9,14H,10H2,1H3/t14-,17+/m1/s1. The Kier molecular flexibility index (Phi) is 2.76. The number of benzene rings is 2. The highest BCUT2D eigenvalue weighted by Gasteiger charge is 2.57. The number of Topliss-reactive ketones (excluding diaryl/α,β-unsaturated/α-hetero) is 1. The van der Waals surface area contributed by atoms with E-state index in [0.717, 1.165) is 11.3 Å². The van der Waals surface area contributed by atoms with Crippen molar-refractivity contribution < 1.29 is 14.3 Å². The van der Waals surface area contributed by atoms with Gasteiger partial charge in [-0.25, -0.2) is 0 Å². The number of carbonyl (C=O) groups is 1. The Morgan fingerprint density at radius 1 is 1.18 bits per heavy atom. The summed E-state index contributed by atoms with van der Waals surface area (Å²) in [6.45, 7) is 0.437. The molecule has 22 heavy (non-hydrogen) atoms. The van der Waals surface area contributed by atoms with Crippen LogP contribution >= 0.6 is 0 Å². The number of ether oxygens (including phenoxy) is 2. The van der Waals surface area contributed by atoms with Gasteiger partial charge in [0.15, 0.2) is 0 Å². The molecule has 0 amide bonds. The van der Waals surface area contributed by atoms with Gasteiger partial charge in [0.25, 0.3) is 5.72 Å². The van der Waals surface area contributed by atoms with Gasteiger partial charge in [0, 0.05) is 0 Å². The van der Waals surface area contributed by atoms with E-state index in [-0.39, 0.29) is 11.7 Å². The molecule has 2 atom stereocenters. The summed E-state index contributed by atoms with van der Waals surface area (Å²) in [5, 5.41) is 8.29. The maximum atomic E-state index is 12.8. The number of hydrogen-bond acceptors (Lipinski definition) is 5. The zero-order chi connectivity index (χ0) is 15.2. The van der Waals surface area contributed by atoms with Gasteiger partial charge in [-0.3, -0.25) is 4.79 Å². The van der Waals surface area contributed by atoms with Crippen LogP contribution in [0.3, 0.4) is 0 Å². The largest absolute Gasteiger partial charge is 0.497 e. The van der Waals surface area contributed by atoms with Gasteiger partial charge < -0.3 is 9.47 Å². The molecule has 0 unspecified atom stereocenters. The molecule has 2 aliphatic heterocycles. The van der Waals surface area contributed by atoms with Crippen LogP contribution in [0, 0.1) is 0 Å². The van der Waals surface area contributed by atoms with Crippen molar-refractivity contribution in [1.29, 1.82) is 0 Å². The van der Waals surface area contributed by atoms with Gasteiger partial charge in [-0.2, -0.15) is 5.11 Å². The molecule has 5 heteroatoms. The van der Waals surface area contributed by atoms with E-state index >= 15 is 0 Å². The van der Waals surface area contributed by atoms with Gasteiger partial charge in [-0.1, -0.05) is 24.3 Å². The first kappa shape index (κ1) is 13.0. The number of para-hydroxylation sites is 1. The van der Waals surface area contributed by atoms with Gasteiger partial charge in [0.2, 0.25) is 5.78 Å². The van der Waals surface area contributed by atoms with Crippen molar-refractivity contribution in [2.75, 3.05) is 13.7 Å². The smallest absolute Gasteiger partial charge is 0.290 e. The minimum atomic E-state index is -1.25. The molecule has 2 aromatic carbocycles. The molecule has 0 aromatic heterocycles. The van der Waals surface area contributed by atoms with Gasteiger partial charge in [0.05, 0.1) is 25.1 Å². The Hall–Kier alpha value is -2.69. The van der Waals surface area contributed by atoms with Gasteiger partial charge in [-0.05, 0) is 29.8 Å². The van der Waals surface area contributed by atoms with Crippen molar-refractivity contribution in [2.24, 2.45) is 10.2 Å². The lowest BCUT2D eigenvalue weighted by Gasteiger charge is -2.25. The van der Waals surface area contributed by atoms with E-state index in [0.29, 0.717) is 17.9 Å². The predicted octanol–water partition coefficient (Wildman–Crippen LogP) is 3.22. The van der Waals surface area contributed by atoms with Crippen molar-refractivity contribution in [2.45, 2.75) is 11.6 Å². The zero-order valence-corrected chi connectivity index (χ0v) is 12.0. The summed E-state index contributed by atoms with van der Waals surface area (Å²) in [6, 6.07) is 14.8. The summed E-state index contributed by atoms with van der Waals surface area (Å²) in [4.78, 5) is 12.8. The minimum absolute atomic E-state index is 0.120. The number of rotatable bonds is 2. The van der Waals surface area contributed by atoms with Crippen LogP contribution < -0.4 is 9.47 Å². The molecule has 0 radical (unpaired) electrons. The van der Waals surface area contributed by atoms with E-state index in [1.54, 1.807) is 19.2 Å². The summed E-state index contributed by atoms with van der Waals surface area (Å²) >= 11 is 0. The Bertz CT molecular complexity index is 770. The van der Waals surface area contributed by atoms with E-state index in [4.69, 9.17) is 9.47 Å². The first-order chi connectivity index (χ1) is 10.7. The fourth-order valence-corrected chi connectivity index (χ4v) is 3.03. The summed E-state index contributed by atoms with van der Waals surface area (Å²) < 4.78 is 11.1. The molecule has 0 N–H and O–H groups in total. The molecule has 2 aliphatic rings. The maximum Gasteiger partial charge on any atom is 0.290 e. The number of nitrogens with zero attached hydrogens (tertiary/aromatic N) is 2. The highest BCUT2D eigenvalue weighted by Crippen LogP contribution is 2.47. The molecular weight excluding hydrogens is 280 g/mol. The summed E-state index contributed by atoms with van der Waals surface area (Å²) in [7, 11) is 1.62. The maximum absolute atomic E-state index is 12.8. The van der Waals surface area contributed by atoms with Crippen LogP contribution in [0.4, 0.5) is 0 Å². The second-order valence-electron chi connectivity index (χ2n) is 5.37. The SMILES string of the molecule is COc1ccc([C@H]2CN=N[C@]23Oc2ccccc2C3=O)cc1. The van der Waals surface area contributed by atoms with Crippen molar-refractivity contribution in [3.8, 4) is 11.5 Å². The van der Waals surface area contributed by atoms with Crippen LogP contribution in [-0.4, -0.2) is 25.2 Å². The average molecular weight is 294 g/mol. The highest BCUT2D eigenvalue weighted by molar-refractivity contribution is 6.08. The van der Waals surface area contributed by atoms with Crippen molar-refractivity contribution in [3.63, 3.8) is 0 Å². The van der Waals surface area contributed by atoms with Crippen molar-refractivity contribution >= 4 is 5.78 Å². The minimum Gasteiger partial charge on any atom is -0.497 e. The monoisotopic (exact) mass is 294 g/mol. The predicted molar refractivity (Wildman–Crippen MR) is 79.6 cm³/mol. The van der Waals surface area contributed by atoms with Gasteiger partial charge in [0.1, 0.15) is 11.5 Å². The third-order valence-electron chi connectivity index (χ3n) is 4.20. The summed E-state index contributed by atoms with van der Waals surface area (Å²) in [6.07, 6.45) is 0. The van der Waals surface area contributed by atoms with E-state index in [2.05, 4.69) is 10.2 Å².